The second kappa shape index (κ2) is 5.83. The van der Waals surface area contributed by atoms with E-state index in [1.807, 2.05) is 6.08 Å². The third-order valence-electron chi connectivity index (χ3n) is 1.00. The topological polar surface area (TPSA) is 17.1 Å². The maximum absolute atomic E-state index is 10.1. The van der Waals surface area contributed by atoms with E-state index in [0.717, 1.165) is 19.1 Å². The van der Waals surface area contributed by atoms with Crippen molar-refractivity contribution in [1.29, 1.82) is 0 Å². The molecule has 52 valence electrons. The van der Waals surface area contributed by atoms with Gasteiger partial charge >= 0.3 is 0 Å². The van der Waals surface area contributed by atoms with E-state index in [9.17, 15) is 4.79 Å². The Bertz CT molecular complexity index is 107. The predicted octanol–water partition coefficient (Wildman–Crippen LogP) is 2.15. The molecule has 1 nitrogen and oxygen atoms in total. The van der Waals surface area contributed by atoms with Gasteiger partial charge in [0.05, 0.1) is 5.88 Å². The Morgan fingerprint density at radius 2 is 2.33 bits per heavy atom. The van der Waals surface area contributed by atoms with Crippen LogP contribution in [-0.4, -0.2) is 12.2 Å². The first kappa shape index (κ1) is 8.70. The molecule has 2 heteroatoms. The molecule has 0 aromatic rings. The molecule has 0 aliphatic carbocycles. The Labute approximate surface area is 60.7 Å². The molecule has 0 aliphatic heterocycles. The molecule has 0 amide bonds. The fourth-order valence-electron chi connectivity index (χ4n) is 0.464. The monoisotopic (exact) mass is 146 g/mol. The minimum absolute atomic E-state index is 0.337. The van der Waals surface area contributed by atoms with E-state index >= 15 is 0 Å². The Morgan fingerprint density at radius 3 is 2.67 bits per heavy atom. The van der Waals surface area contributed by atoms with Crippen molar-refractivity contribution in [2.24, 2.45) is 0 Å². The number of rotatable bonds is 4. The van der Waals surface area contributed by atoms with Gasteiger partial charge in [-0.05, 0) is 6.42 Å². The van der Waals surface area contributed by atoms with Gasteiger partial charge in [0.15, 0.2) is 0 Å². The molecule has 0 aromatic heterocycles. The van der Waals surface area contributed by atoms with Crippen LogP contribution in [0.25, 0.3) is 0 Å². The summed E-state index contributed by atoms with van der Waals surface area (Å²) >= 11 is 5.40. The van der Waals surface area contributed by atoms with E-state index in [1.165, 1.54) is 0 Å². The van der Waals surface area contributed by atoms with Gasteiger partial charge in [0.1, 0.15) is 6.29 Å². The van der Waals surface area contributed by atoms with Crippen molar-refractivity contribution in [3.63, 3.8) is 0 Å². The third-order valence-corrected chi connectivity index (χ3v) is 1.31. The van der Waals surface area contributed by atoms with Gasteiger partial charge in [0.25, 0.3) is 0 Å². The van der Waals surface area contributed by atoms with Crippen molar-refractivity contribution in [2.75, 3.05) is 5.88 Å². The molecule has 0 radical (unpaired) electrons. The van der Waals surface area contributed by atoms with Crippen LogP contribution in [0.15, 0.2) is 11.6 Å². The number of allylic oxidation sites excluding steroid dienone is 2. The zero-order valence-electron chi connectivity index (χ0n) is 5.56. The molecule has 0 unspecified atom stereocenters. The molecule has 0 saturated heterocycles. The van der Waals surface area contributed by atoms with Gasteiger partial charge in [0.2, 0.25) is 0 Å². The smallest absolute Gasteiger partial charge is 0.146 e. The van der Waals surface area contributed by atoms with E-state index in [-0.39, 0.29) is 0 Å². The van der Waals surface area contributed by atoms with Gasteiger partial charge in [-0.2, -0.15) is 0 Å². The highest BCUT2D eigenvalue weighted by Gasteiger charge is 1.88. The van der Waals surface area contributed by atoms with Gasteiger partial charge in [-0.3, -0.25) is 4.79 Å². The van der Waals surface area contributed by atoms with Crippen LogP contribution in [0, 0.1) is 0 Å². The molecule has 9 heavy (non-hydrogen) atoms. The number of alkyl halides is 1. The molecule has 0 spiro atoms. The average molecular weight is 147 g/mol. The van der Waals surface area contributed by atoms with Crippen LogP contribution in [0.5, 0.6) is 0 Å². The van der Waals surface area contributed by atoms with Crippen LogP contribution in [0.1, 0.15) is 19.8 Å². The van der Waals surface area contributed by atoms with Crippen molar-refractivity contribution >= 4 is 17.9 Å². The molecular formula is C7H11ClO. The van der Waals surface area contributed by atoms with Gasteiger partial charge in [-0.15, -0.1) is 11.6 Å². The maximum atomic E-state index is 10.1. The number of halogens is 1. The van der Waals surface area contributed by atoms with E-state index in [2.05, 4.69) is 6.92 Å². The number of hydrogen-bond acceptors (Lipinski definition) is 1. The highest BCUT2D eigenvalue weighted by molar-refractivity contribution is 6.21. The minimum Gasteiger partial charge on any atom is -0.298 e. The highest BCUT2D eigenvalue weighted by atomic mass is 35.5. The van der Waals surface area contributed by atoms with Crippen LogP contribution in [0.3, 0.4) is 0 Å². The lowest BCUT2D eigenvalue weighted by molar-refractivity contribution is -0.104. The molecule has 0 fully saturated rings. The first-order valence-electron chi connectivity index (χ1n) is 3.05. The lowest BCUT2D eigenvalue weighted by atomic mass is 10.2. The van der Waals surface area contributed by atoms with Gasteiger partial charge in [0, 0.05) is 5.57 Å². The largest absolute Gasteiger partial charge is 0.298 e. The fraction of sp³-hybridized carbons (Fsp3) is 0.571. The zero-order valence-corrected chi connectivity index (χ0v) is 6.32. The summed E-state index contributed by atoms with van der Waals surface area (Å²) in [6, 6.07) is 0. The summed E-state index contributed by atoms with van der Waals surface area (Å²) in [4.78, 5) is 10.1. The van der Waals surface area contributed by atoms with Crippen molar-refractivity contribution in [2.45, 2.75) is 19.8 Å². The van der Waals surface area contributed by atoms with Crippen LogP contribution in [0.2, 0.25) is 0 Å². The predicted molar refractivity (Wildman–Crippen MR) is 39.8 cm³/mol. The minimum atomic E-state index is 0.337. The lowest BCUT2D eigenvalue weighted by Crippen LogP contribution is -1.84. The molecule has 0 aromatic carbocycles. The molecular weight excluding hydrogens is 136 g/mol. The summed E-state index contributed by atoms with van der Waals surface area (Å²) < 4.78 is 0. The quantitative estimate of drug-likeness (QED) is 0.338. The van der Waals surface area contributed by atoms with E-state index in [1.54, 1.807) is 0 Å². The number of carbonyl (C=O) groups is 1. The first-order chi connectivity index (χ1) is 4.35. The summed E-state index contributed by atoms with van der Waals surface area (Å²) in [5, 5.41) is 0. The number of carbonyl (C=O) groups excluding carboxylic acids is 1. The molecule has 0 atom stereocenters. The van der Waals surface area contributed by atoms with Crippen LogP contribution in [0.4, 0.5) is 0 Å². The van der Waals surface area contributed by atoms with Crippen molar-refractivity contribution in [3.05, 3.63) is 11.6 Å². The van der Waals surface area contributed by atoms with Crippen molar-refractivity contribution in [3.8, 4) is 0 Å². The van der Waals surface area contributed by atoms with E-state index < -0.39 is 0 Å². The molecule has 0 rings (SSSR count). The molecule has 0 bridgehead atoms. The lowest BCUT2D eigenvalue weighted by Gasteiger charge is -1.88. The zero-order chi connectivity index (χ0) is 7.11. The summed E-state index contributed by atoms with van der Waals surface area (Å²) in [6.07, 6.45) is 4.69. The molecule has 0 saturated carbocycles. The highest BCUT2D eigenvalue weighted by Crippen LogP contribution is 1.97. The van der Waals surface area contributed by atoms with E-state index in [0.29, 0.717) is 11.5 Å². The Kier molecular flexibility index (Phi) is 5.64. The second-order valence-corrected chi connectivity index (χ2v) is 2.09. The van der Waals surface area contributed by atoms with Gasteiger partial charge in [-0.1, -0.05) is 19.4 Å². The fourth-order valence-corrected chi connectivity index (χ4v) is 0.636. The summed E-state index contributed by atoms with van der Waals surface area (Å²) in [7, 11) is 0. The van der Waals surface area contributed by atoms with Gasteiger partial charge < -0.3 is 0 Å². The van der Waals surface area contributed by atoms with Crippen molar-refractivity contribution < 1.29 is 4.79 Å². The number of aldehydes is 1. The SMILES string of the molecule is CCC/C=C(\C=O)CCl. The normalized spacial score (nSPS) is 11.6. The summed E-state index contributed by atoms with van der Waals surface area (Å²) in [5.74, 6) is 0.337. The Hall–Kier alpha value is -0.300. The molecule has 0 N–H and O–H groups in total. The van der Waals surface area contributed by atoms with Crippen LogP contribution < -0.4 is 0 Å². The average Bonchev–Trinajstić information content (AvgIpc) is 1.91. The van der Waals surface area contributed by atoms with Crippen LogP contribution >= 0.6 is 11.6 Å². The second-order valence-electron chi connectivity index (χ2n) is 1.82. The summed E-state index contributed by atoms with van der Waals surface area (Å²) in [5.41, 5.74) is 0.693. The van der Waals surface area contributed by atoms with Crippen molar-refractivity contribution in [1.82, 2.24) is 0 Å². The Morgan fingerprint density at radius 1 is 1.67 bits per heavy atom. The molecule has 0 aliphatic rings. The maximum Gasteiger partial charge on any atom is 0.146 e. The number of hydrogen-bond donors (Lipinski definition) is 0. The first-order valence-corrected chi connectivity index (χ1v) is 3.58. The molecule has 0 heterocycles. The standard InChI is InChI=1S/C7H11ClO/c1-2-3-4-7(5-8)6-9/h4,6H,2-3,5H2,1H3/b7-4-. The van der Waals surface area contributed by atoms with E-state index in [4.69, 9.17) is 11.6 Å². The number of unbranched alkanes of at least 4 members (excludes halogenated alkanes) is 1. The Balaban J connectivity index is 3.61. The summed E-state index contributed by atoms with van der Waals surface area (Å²) in [6.45, 7) is 2.06. The van der Waals surface area contributed by atoms with Gasteiger partial charge in [-0.25, -0.2) is 0 Å². The third kappa shape index (κ3) is 4.22. The van der Waals surface area contributed by atoms with Crippen LogP contribution in [-0.2, 0) is 4.79 Å².